The molecule has 1 fully saturated rings. The first-order chi connectivity index (χ1) is 23.1. The van der Waals surface area contributed by atoms with Crippen molar-refractivity contribution in [3.8, 4) is 5.75 Å². The molecule has 0 heterocycles. The second-order valence-electron chi connectivity index (χ2n) is 11.7. The first-order valence-electron chi connectivity index (χ1n) is 16.0. The number of hydrogen-bond acceptors (Lipinski definition) is 5. The molecule has 1 aliphatic rings. The van der Waals surface area contributed by atoms with Crippen LogP contribution in [0.2, 0.25) is 0 Å². The van der Waals surface area contributed by atoms with Gasteiger partial charge in [-0.1, -0.05) is 71.2 Å². The Balaban J connectivity index is 1.55. The molecule has 4 aromatic carbocycles. The fourth-order valence-electron chi connectivity index (χ4n) is 5.89. The minimum atomic E-state index is -4.33. The number of amides is 2. The highest BCUT2D eigenvalue weighted by atomic mass is 79.9. The minimum Gasteiger partial charge on any atom is -0.494 e. The highest BCUT2D eigenvalue weighted by Gasteiger charge is 2.35. The van der Waals surface area contributed by atoms with E-state index in [0.29, 0.717) is 12.4 Å². The Hall–Kier alpha value is -4.22. The topological polar surface area (TPSA) is 96.0 Å². The van der Waals surface area contributed by atoms with Crippen molar-refractivity contribution in [2.75, 3.05) is 17.5 Å². The summed E-state index contributed by atoms with van der Waals surface area (Å²) >= 11 is 3.50. The predicted molar refractivity (Wildman–Crippen MR) is 188 cm³/mol. The smallest absolute Gasteiger partial charge is 0.264 e. The number of benzene rings is 4. The van der Waals surface area contributed by atoms with Gasteiger partial charge in [-0.05, 0) is 91.6 Å². The van der Waals surface area contributed by atoms with Gasteiger partial charge in [0.1, 0.15) is 24.2 Å². The van der Waals surface area contributed by atoms with E-state index in [1.807, 2.05) is 61.5 Å². The molecule has 1 saturated carbocycles. The van der Waals surface area contributed by atoms with Crippen LogP contribution in [0.15, 0.2) is 112 Å². The average molecular weight is 737 g/mol. The predicted octanol–water partition coefficient (Wildman–Crippen LogP) is 6.88. The molecule has 1 aliphatic carbocycles. The van der Waals surface area contributed by atoms with Gasteiger partial charge in [-0.15, -0.1) is 0 Å². The number of halogens is 2. The van der Waals surface area contributed by atoms with Crippen molar-refractivity contribution in [2.45, 2.75) is 62.6 Å². The quantitative estimate of drug-likeness (QED) is 0.152. The van der Waals surface area contributed by atoms with E-state index in [2.05, 4.69) is 21.2 Å². The first-order valence-corrected chi connectivity index (χ1v) is 18.3. The number of nitrogens with one attached hydrogen (secondary N) is 1. The van der Waals surface area contributed by atoms with Gasteiger partial charge in [0.15, 0.2) is 0 Å². The largest absolute Gasteiger partial charge is 0.494 e. The third-order valence-electron chi connectivity index (χ3n) is 8.33. The molecule has 2 amide bonds. The van der Waals surface area contributed by atoms with Crippen LogP contribution in [0, 0.1) is 5.82 Å². The monoisotopic (exact) mass is 735 g/mol. The Morgan fingerprint density at radius 1 is 0.917 bits per heavy atom. The van der Waals surface area contributed by atoms with E-state index in [9.17, 15) is 22.4 Å². The number of carbonyl (C=O) groups excluding carboxylic acids is 2. The van der Waals surface area contributed by atoms with E-state index in [1.165, 1.54) is 29.2 Å². The Morgan fingerprint density at radius 2 is 1.58 bits per heavy atom. The van der Waals surface area contributed by atoms with Crippen molar-refractivity contribution in [1.29, 1.82) is 0 Å². The van der Waals surface area contributed by atoms with Crippen LogP contribution >= 0.6 is 15.9 Å². The molecule has 11 heteroatoms. The van der Waals surface area contributed by atoms with Crippen LogP contribution in [0.5, 0.6) is 5.75 Å². The number of ether oxygens (including phenoxy) is 1. The molecule has 0 unspecified atom stereocenters. The molecule has 0 spiro atoms. The Kier molecular flexibility index (Phi) is 11.9. The van der Waals surface area contributed by atoms with Gasteiger partial charge in [0.25, 0.3) is 10.0 Å². The maximum Gasteiger partial charge on any atom is 0.264 e. The Labute approximate surface area is 290 Å². The summed E-state index contributed by atoms with van der Waals surface area (Å²) in [6, 6.07) is 26.8. The van der Waals surface area contributed by atoms with Gasteiger partial charge in [-0.2, -0.15) is 0 Å². The third-order valence-corrected chi connectivity index (χ3v) is 10.6. The molecular weight excluding hydrogens is 697 g/mol. The number of nitrogens with zero attached hydrogens (tertiary/aromatic N) is 2. The van der Waals surface area contributed by atoms with Crippen LogP contribution in [-0.4, -0.2) is 50.4 Å². The number of anilines is 1. The van der Waals surface area contributed by atoms with E-state index >= 15 is 0 Å². The van der Waals surface area contributed by atoms with E-state index in [4.69, 9.17) is 4.74 Å². The molecule has 4 aromatic rings. The molecular formula is C37H39BrFN3O5S. The van der Waals surface area contributed by atoms with Crippen molar-refractivity contribution >= 4 is 43.5 Å². The summed E-state index contributed by atoms with van der Waals surface area (Å²) in [5.74, 6) is -0.933. The van der Waals surface area contributed by atoms with Crippen molar-refractivity contribution < 1.29 is 27.1 Å². The van der Waals surface area contributed by atoms with Gasteiger partial charge >= 0.3 is 0 Å². The van der Waals surface area contributed by atoms with Gasteiger partial charge in [0.05, 0.1) is 17.2 Å². The molecule has 252 valence electrons. The zero-order valence-corrected chi connectivity index (χ0v) is 29.1. The summed E-state index contributed by atoms with van der Waals surface area (Å²) in [4.78, 5) is 30.1. The van der Waals surface area contributed by atoms with Gasteiger partial charge in [-0.3, -0.25) is 13.9 Å². The molecule has 1 N–H and O–H groups in total. The van der Waals surface area contributed by atoms with E-state index < -0.39 is 34.3 Å². The Bertz CT molecular complexity index is 1780. The number of rotatable bonds is 14. The van der Waals surface area contributed by atoms with Crippen LogP contribution in [0.1, 0.15) is 43.7 Å². The average Bonchev–Trinajstić information content (AvgIpc) is 3.59. The van der Waals surface area contributed by atoms with Gasteiger partial charge in [-0.25, -0.2) is 12.8 Å². The molecule has 0 aliphatic heterocycles. The number of sulfonamides is 1. The summed E-state index contributed by atoms with van der Waals surface area (Å²) in [5.41, 5.74) is 1.72. The van der Waals surface area contributed by atoms with Crippen molar-refractivity contribution in [3.63, 3.8) is 0 Å². The minimum absolute atomic E-state index is 0.00865. The van der Waals surface area contributed by atoms with Crippen LogP contribution in [0.3, 0.4) is 0 Å². The van der Waals surface area contributed by atoms with Crippen LogP contribution in [0.25, 0.3) is 0 Å². The molecule has 0 saturated heterocycles. The standard InChI is InChI=1S/C37H39BrFN3O5S/c1-2-47-33-19-21-34(22-20-33)48(45,46)42(32-17-15-30(39)16-18-32)26-36(43)41(25-28-11-8-12-29(38)23-28)35(24-27-9-4-3-5-10-27)37(44)40-31-13-6-7-14-31/h3-5,8-12,15-23,31,35H,2,6-7,13-14,24-26H2,1H3,(H,40,44)/t35-/m1/s1. The maximum atomic E-state index is 14.6. The lowest BCUT2D eigenvalue weighted by Gasteiger charge is -2.34. The van der Waals surface area contributed by atoms with Gasteiger partial charge < -0.3 is 15.0 Å². The van der Waals surface area contributed by atoms with Crippen molar-refractivity contribution in [2.24, 2.45) is 0 Å². The highest BCUT2D eigenvalue weighted by molar-refractivity contribution is 9.10. The zero-order chi connectivity index (χ0) is 34.1. The molecule has 1 atom stereocenters. The lowest BCUT2D eigenvalue weighted by atomic mass is 10.0. The molecule has 0 bridgehead atoms. The number of hydrogen-bond donors (Lipinski definition) is 1. The first kappa shape index (κ1) is 35.1. The van der Waals surface area contributed by atoms with Crippen LogP contribution < -0.4 is 14.4 Å². The van der Waals surface area contributed by atoms with Crippen LogP contribution in [-0.2, 0) is 32.6 Å². The SMILES string of the molecule is CCOc1ccc(S(=O)(=O)N(CC(=O)N(Cc2cccc(Br)c2)[C@H](Cc2ccccc2)C(=O)NC2CCCC2)c2ccc(F)cc2)cc1. The van der Waals surface area contributed by atoms with Crippen molar-refractivity contribution in [3.05, 3.63) is 125 Å². The second-order valence-corrected chi connectivity index (χ2v) is 14.5. The molecule has 5 rings (SSSR count). The second kappa shape index (κ2) is 16.3. The lowest BCUT2D eigenvalue weighted by molar-refractivity contribution is -0.140. The fraction of sp³-hybridized carbons (Fsp3) is 0.297. The molecule has 0 aromatic heterocycles. The molecule has 8 nitrogen and oxygen atoms in total. The molecule has 0 radical (unpaired) electrons. The normalized spacial score (nSPS) is 13.9. The van der Waals surface area contributed by atoms with Gasteiger partial charge in [0.2, 0.25) is 11.8 Å². The summed E-state index contributed by atoms with van der Waals surface area (Å²) in [7, 11) is -4.33. The van der Waals surface area contributed by atoms with E-state index in [1.54, 1.807) is 12.1 Å². The summed E-state index contributed by atoms with van der Waals surface area (Å²) in [6.45, 7) is 1.66. The Morgan fingerprint density at radius 3 is 2.23 bits per heavy atom. The highest BCUT2D eigenvalue weighted by Crippen LogP contribution is 2.27. The summed E-state index contributed by atoms with van der Waals surface area (Å²) in [5, 5.41) is 3.17. The number of carbonyl (C=O) groups is 2. The van der Waals surface area contributed by atoms with E-state index in [-0.39, 0.29) is 35.5 Å². The summed E-state index contributed by atoms with van der Waals surface area (Å²) in [6.07, 6.45) is 3.99. The third kappa shape index (κ3) is 9.02. The van der Waals surface area contributed by atoms with Gasteiger partial charge in [0, 0.05) is 23.5 Å². The zero-order valence-electron chi connectivity index (χ0n) is 26.7. The fourth-order valence-corrected chi connectivity index (χ4v) is 7.75. The summed E-state index contributed by atoms with van der Waals surface area (Å²) < 4.78 is 49.7. The van der Waals surface area contributed by atoms with E-state index in [0.717, 1.165) is 57.7 Å². The van der Waals surface area contributed by atoms with Crippen LogP contribution in [0.4, 0.5) is 10.1 Å². The molecule has 48 heavy (non-hydrogen) atoms. The lowest BCUT2D eigenvalue weighted by Crippen LogP contribution is -2.54. The maximum absolute atomic E-state index is 14.6. The van der Waals surface area contributed by atoms with Crippen molar-refractivity contribution in [1.82, 2.24) is 10.2 Å².